The average molecular weight is 243 g/mol. The molecule has 1 aromatic heterocycles. The van der Waals surface area contributed by atoms with Gasteiger partial charge in [0.1, 0.15) is 12.1 Å². The third-order valence-electron chi connectivity index (χ3n) is 2.84. The molecule has 94 valence electrons. The molecule has 0 aliphatic rings. The highest BCUT2D eigenvalue weighted by Gasteiger charge is 2.08. The van der Waals surface area contributed by atoms with E-state index in [1.165, 1.54) is 17.5 Å². The van der Waals surface area contributed by atoms with Crippen LogP contribution in [0.4, 0.5) is 5.82 Å². The normalized spacial score (nSPS) is 10.4. The van der Waals surface area contributed by atoms with Crippen molar-refractivity contribution in [2.24, 2.45) is 0 Å². The first-order valence-electron chi connectivity index (χ1n) is 5.87. The third-order valence-corrected chi connectivity index (χ3v) is 2.84. The number of rotatable bonds is 4. The van der Waals surface area contributed by atoms with Gasteiger partial charge in [-0.05, 0) is 12.5 Å². The van der Waals surface area contributed by atoms with Crippen LogP contribution in [0.2, 0.25) is 0 Å². The van der Waals surface area contributed by atoms with Crippen molar-refractivity contribution in [3.05, 3.63) is 53.5 Å². The molecular weight excluding hydrogens is 226 g/mol. The number of aliphatic hydroxyl groups is 1. The summed E-state index contributed by atoms with van der Waals surface area (Å²) in [7, 11) is 1.96. The van der Waals surface area contributed by atoms with Gasteiger partial charge in [0.2, 0.25) is 0 Å². The lowest BCUT2D eigenvalue weighted by Gasteiger charge is -2.20. The Bertz CT molecular complexity index is 511. The molecule has 0 saturated heterocycles. The first-order chi connectivity index (χ1) is 8.70. The molecule has 4 nitrogen and oxygen atoms in total. The van der Waals surface area contributed by atoms with Gasteiger partial charge < -0.3 is 10.0 Å². The van der Waals surface area contributed by atoms with Gasteiger partial charge in [0.15, 0.2) is 0 Å². The maximum absolute atomic E-state index is 9.26. The molecule has 0 aliphatic heterocycles. The lowest BCUT2D eigenvalue weighted by atomic mass is 10.1. The molecule has 0 amide bonds. The second-order valence-corrected chi connectivity index (χ2v) is 4.37. The van der Waals surface area contributed by atoms with Crippen LogP contribution in [-0.4, -0.2) is 22.1 Å². The van der Waals surface area contributed by atoms with Crippen molar-refractivity contribution in [3.63, 3.8) is 0 Å². The molecule has 0 unspecified atom stereocenters. The minimum absolute atomic E-state index is 0.0472. The molecule has 0 radical (unpaired) electrons. The Kier molecular flexibility index (Phi) is 3.89. The molecular formula is C14H17N3O. The van der Waals surface area contributed by atoms with E-state index >= 15 is 0 Å². The van der Waals surface area contributed by atoms with Crippen LogP contribution in [0.5, 0.6) is 0 Å². The summed E-state index contributed by atoms with van der Waals surface area (Å²) in [5.74, 6) is 0.771. The topological polar surface area (TPSA) is 49.2 Å². The lowest BCUT2D eigenvalue weighted by molar-refractivity contribution is 0.281. The predicted octanol–water partition coefficient (Wildman–Crippen LogP) is 1.91. The summed E-state index contributed by atoms with van der Waals surface area (Å²) in [5.41, 5.74) is 3.21. The Morgan fingerprint density at radius 2 is 1.94 bits per heavy atom. The summed E-state index contributed by atoms with van der Waals surface area (Å²) in [6.45, 7) is 2.78. The smallest absolute Gasteiger partial charge is 0.137 e. The third kappa shape index (κ3) is 2.84. The molecule has 4 heteroatoms. The molecule has 0 saturated carbocycles. The first kappa shape index (κ1) is 12.5. The van der Waals surface area contributed by atoms with Crippen LogP contribution in [0, 0.1) is 6.92 Å². The van der Waals surface area contributed by atoms with Gasteiger partial charge in [0.25, 0.3) is 0 Å². The monoisotopic (exact) mass is 243 g/mol. The van der Waals surface area contributed by atoms with E-state index < -0.39 is 0 Å². The molecule has 2 rings (SSSR count). The Morgan fingerprint density at radius 3 is 2.61 bits per heavy atom. The average Bonchev–Trinajstić information content (AvgIpc) is 2.41. The Balaban J connectivity index is 2.16. The number of hydrogen-bond acceptors (Lipinski definition) is 4. The van der Waals surface area contributed by atoms with Gasteiger partial charge in [-0.15, -0.1) is 0 Å². The van der Waals surface area contributed by atoms with E-state index in [0.29, 0.717) is 0 Å². The number of nitrogens with zero attached hydrogens (tertiary/aromatic N) is 3. The molecule has 0 spiro atoms. The molecule has 1 aromatic carbocycles. The van der Waals surface area contributed by atoms with Gasteiger partial charge in [0.05, 0.1) is 6.61 Å². The first-order valence-corrected chi connectivity index (χ1v) is 5.87. The van der Waals surface area contributed by atoms with E-state index in [-0.39, 0.29) is 6.61 Å². The highest BCUT2D eigenvalue weighted by atomic mass is 16.3. The summed E-state index contributed by atoms with van der Waals surface area (Å²) < 4.78 is 0. The highest BCUT2D eigenvalue weighted by molar-refractivity contribution is 5.45. The number of anilines is 1. The summed E-state index contributed by atoms with van der Waals surface area (Å²) in [6, 6.07) is 8.39. The molecule has 0 fully saturated rings. The van der Waals surface area contributed by atoms with Crippen LogP contribution in [0.1, 0.15) is 16.7 Å². The number of benzene rings is 1. The molecule has 0 bridgehead atoms. The fourth-order valence-corrected chi connectivity index (χ4v) is 1.85. The zero-order chi connectivity index (χ0) is 13.0. The van der Waals surface area contributed by atoms with Crippen LogP contribution in [0.25, 0.3) is 0 Å². The van der Waals surface area contributed by atoms with Crippen molar-refractivity contribution >= 4 is 5.82 Å². The minimum Gasteiger partial charge on any atom is -0.391 e. The number of aryl methyl sites for hydroxylation is 1. The van der Waals surface area contributed by atoms with Gasteiger partial charge in [-0.1, -0.05) is 29.8 Å². The van der Waals surface area contributed by atoms with Crippen molar-refractivity contribution < 1.29 is 5.11 Å². The van der Waals surface area contributed by atoms with Crippen molar-refractivity contribution in [3.8, 4) is 0 Å². The van der Waals surface area contributed by atoms with Crippen molar-refractivity contribution in [2.45, 2.75) is 20.1 Å². The minimum atomic E-state index is -0.0472. The molecule has 1 N–H and O–H groups in total. The largest absolute Gasteiger partial charge is 0.391 e. The summed E-state index contributed by atoms with van der Waals surface area (Å²) in [5, 5.41) is 9.26. The van der Waals surface area contributed by atoms with Gasteiger partial charge in [-0.3, -0.25) is 0 Å². The molecule has 0 aliphatic carbocycles. The second kappa shape index (κ2) is 5.60. The van der Waals surface area contributed by atoms with Gasteiger partial charge >= 0.3 is 0 Å². The number of hydrogen-bond donors (Lipinski definition) is 1. The van der Waals surface area contributed by atoms with Crippen molar-refractivity contribution in [2.75, 3.05) is 11.9 Å². The zero-order valence-corrected chi connectivity index (χ0v) is 10.7. The lowest BCUT2D eigenvalue weighted by Crippen LogP contribution is -2.19. The van der Waals surface area contributed by atoms with E-state index in [9.17, 15) is 5.11 Å². The van der Waals surface area contributed by atoms with Gasteiger partial charge in [-0.25, -0.2) is 9.97 Å². The molecule has 18 heavy (non-hydrogen) atoms. The standard InChI is InChI=1S/C14H17N3O/c1-11-3-5-12(6-4-11)8-17(2)14-13(9-18)7-15-10-16-14/h3-7,10,18H,8-9H2,1-2H3. The maximum atomic E-state index is 9.26. The van der Waals surface area contributed by atoms with Crippen LogP contribution in [0.15, 0.2) is 36.8 Å². The zero-order valence-electron chi connectivity index (χ0n) is 10.7. The van der Waals surface area contributed by atoms with Crippen molar-refractivity contribution in [1.29, 1.82) is 0 Å². The summed E-state index contributed by atoms with van der Waals surface area (Å²) in [6.07, 6.45) is 3.15. The number of aromatic nitrogens is 2. The SMILES string of the molecule is Cc1ccc(CN(C)c2ncncc2CO)cc1. The number of aliphatic hydroxyl groups excluding tert-OH is 1. The molecule has 1 heterocycles. The second-order valence-electron chi connectivity index (χ2n) is 4.37. The van der Waals surface area contributed by atoms with Gasteiger partial charge in [-0.2, -0.15) is 0 Å². The van der Waals surface area contributed by atoms with E-state index in [4.69, 9.17) is 0 Å². The van der Waals surface area contributed by atoms with Crippen LogP contribution >= 0.6 is 0 Å². The van der Waals surface area contributed by atoms with E-state index in [1.54, 1.807) is 6.20 Å². The predicted molar refractivity (Wildman–Crippen MR) is 71.2 cm³/mol. The van der Waals surface area contributed by atoms with Crippen molar-refractivity contribution in [1.82, 2.24) is 9.97 Å². The van der Waals surface area contributed by atoms with Gasteiger partial charge in [0, 0.05) is 25.4 Å². The Hall–Kier alpha value is -1.94. The molecule has 2 aromatic rings. The maximum Gasteiger partial charge on any atom is 0.137 e. The summed E-state index contributed by atoms with van der Waals surface area (Å²) in [4.78, 5) is 10.1. The van der Waals surface area contributed by atoms with E-state index in [2.05, 4.69) is 41.2 Å². The Morgan fingerprint density at radius 1 is 1.22 bits per heavy atom. The van der Waals surface area contributed by atoms with Crippen LogP contribution in [-0.2, 0) is 13.2 Å². The summed E-state index contributed by atoms with van der Waals surface area (Å²) >= 11 is 0. The van der Waals surface area contributed by atoms with E-state index in [0.717, 1.165) is 17.9 Å². The fourth-order valence-electron chi connectivity index (χ4n) is 1.85. The Labute approximate surface area is 107 Å². The van der Waals surface area contributed by atoms with Crippen LogP contribution < -0.4 is 4.90 Å². The fraction of sp³-hybridized carbons (Fsp3) is 0.286. The molecule has 0 atom stereocenters. The quantitative estimate of drug-likeness (QED) is 0.891. The van der Waals surface area contributed by atoms with Crippen LogP contribution in [0.3, 0.4) is 0 Å². The highest BCUT2D eigenvalue weighted by Crippen LogP contribution is 2.17. The van der Waals surface area contributed by atoms with E-state index in [1.807, 2.05) is 11.9 Å².